The van der Waals surface area contributed by atoms with Gasteiger partial charge in [0.1, 0.15) is 0 Å². The van der Waals surface area contributed by atoms with Crippen LogP contribution >= 0.6 is 0 Å². The average molecular weight is 331 g/mol. The summed E-state index contributed by atoms with van der Waals surface area (Å²) >= 11 is 0. The molecule has 0 bridgehead atoms. The van der Waals surface area contributed by atoms with Crippen LogP contribution in [-0.4, -0.2) is 25.2 Å². The normalized spacial score (nSPS) is 12.7. The molecule has 0 rings (SSSR count). The molecule has 0 aliphatic rings. The van der Waals surface area contributed by atoms with Crippen molar-refractivity contribution >= 4 is 0 Å². The monoisotopic (exact) mass is 330 g/mol. The van der Waals surface area contributed by atoms with Crippen LogP contribution in [0.15, 0.2) is 0 Å². The Morgan fingerprint density at radius 3 is 1.22 bits per heavy atom. The van der Waals surface area contributed by atoms with Crippen molar-refractivity contribution in [1.29, 1.82) is 0 Å². The predicted molar refractivity (Wildman–Crippen MR) is 105 cm³/mol. The molecule has 0 aromatic carbocycles. The van der Waals surface area contributed by atoms with Gasteiger partial charge in [-0.1, -0.05) is 51.9 Å². The second kappa shape index (κ2) is 18.2. The molecule has 23 heavy (non-hydrogen) atoms. The molecule has 1 atom stereocenters. The van der Waals surface area contributed by atoms with Crippen LogP contribution < -0.4 is 22.9 Å². The first-order valence-electron chi connectivity index (χ1n) is 9.79. The van der Waals surface area contributed by atoms with E-state index in [9.17, 15) is 0 Å². The highest BCUT2D eigenvalue weighted by Gasteiger charge is 2.19. The van der Waals surface area contributed by atoms with E-state index in [1.165, 1.54) is 64.2 Å². The highest BCUT2D eigenvalue weighted by atomic mass is 14.7. The highest BCUT2D eigenvalue weighted by molar-refractivity contribution is 4.78. The van der Waals surface area contributed by atoms with Gasteiger partial charge in [0.15, 0.2) is 0 Å². The zero-order valence-corrected chi connectivity index (χ0v) is 16.3. The highest BCUT2D eigenvalue weighted by Crippen LogP contribution is 2.18. The fourth-order valence-corrected chi connectivity index (χ4v) is 2.32. The predicted octanol–water partition coefficient (Wildman–Crippen LogP) is 3.51. The number of hydrogen-bond acceptors (Lipinski definition) is 4. The second-order valence-corrected chi connectivity index (χ2v) is 7.41. The molecular weight excluding hydrogens is 284 g/mol. The summed E-state index contributed by atoms with van der Waals surface area (Å²) in [5.74, 6) is 0.592. The van der Waals surface area contributed by atoms with Crippen molar-refractivity contribution in [1.82, 2.24) is 0 Å². The van der Waals surface area contributed by atoms with E-state index in [2.05, 4.69) is 20.8 Å². The Bertz CT molecular complexity index is 204. The number of unbranched alkanes of at least 4 members (excludes halogenated alkanes) is 8. The molecule has 0 aliphatic carbocycles. The van der Waals surface area contributed by atoms with Crippen LogP contribution in [0, 0.1) is 5.92 Å². The summed E-state index contributed by atoms with van der Waals surface area (Å²) in [6.07, 6.45) is 14.0. The molecule has 0 amide bonds. The largest absolute Gasteiger partial charge is 0.330 e. The maximum absolute atomic E-state index is 5.93. The van der Waals surface area contributed by atoms with Crippen LogP contribution in [0.2, 0.25) is 0 Å². The molecule has 0 saturated heterocycles. The van der Waals surface area contributed by atoms with Gasteiger partial charge in [0.25, 0.3) is 0 Å². The fraction of sp³-hybridized carbons (Fsp3) is 1.00. The van der Waals surface area contributed by atoms with Crippen molar-refractivity contribution in [2.75, 3.05) is 19.6 Å². The van der Waals surface area contributed by atoms with Crippen molar-refractivity contribution in [2.45, 2.75) is 96.9 Å². The first-order chi connectivity index (χ1) is 10.9. The minimum absolute atomic E-state index is 0.0331. The molecule has 0 aromatic heterocycles. The van der Waals surface area contributed by atoms with Gasteiger partial charge in [0.05, 0.1) is 0 Å². The van der Waals surface area contributed by atoms with E-state index < -0.39 is 0 Å². The lowest BCUT2D eigenvalue weighted by atomic mass is 9.86. The molecule has 0 fully saturated rings. The van der Waals surface area contributed by atoms with Crippen molar-refractivity contribution in [3.05, 3.63) is 0 Å². The smallest absolute Gasteiger partial charge is 0.0123 e. The summed E-state index contributed by atoms with van der Waals surface area (Å²) in [6.45, 7) is 8.88. The van der Waals surface area contributed by atoms with E-state index in [4.69, 9.17) is 22.9 Å². The van der Waals surface area contributed by atoms with E-state index in [1.807, 2.05) is 0 Å². The van der Waals surface area contributed by atoms with E-state index >= 15 is 0 Å². The Morgan fingerprint density at radius 2 is 0.913 bits per heavy atom. The zero-order chi connectivity index (χ0) is 18.0. The van der Waals surface area contributed by atoms with Crippen molar-refractivity contribution in [3.8, 4) is 0 Å². The third kappa shape index (κ3) is 21.8. The lowest BCUT2D eigenvalue weighted by Gasteiger charge is -2.27. The quantitative estimate of drug-likeness (QED) is 0.366. The van der Waals surface area contributed by atoms with Crippen molar-refractivity contribution in [2.24, 2.45) is 28.9 Å². The number of hydrogen-bond donors (Lipinski definition) is 4. The van der Waals surface area contributed by atoms with Gasteiger partial charge in [-0.2, -0.15) is 0 Å². The third-order valence-corrected chi connectivity index (χ3v) is 4.52. The molecule has 1 unspecified atom stereocenters. The van der Waals surface area contributed by atoms with Crippen LogP contribution in [-0.2, 0) is 0 Å². The van der Waals surface area contributed by atoms with E-state index in [-0.39, 0.29) is 5.54 Å². The minimum Gasteiger partial charge on any atom is -0.330 e. The van der Waals surface area contributed by atoms with Crippen LogP contribution in [0.1, 0.15) is 91.4 Å². The first-order valence-corrected chi connectivity index (χ1v) is 9.79. The molecule has 8 N–H and O–H groups in total. The van der Waals surface area contributed by atoms with E-state index in [1.54, 1.807) is 0 Å². The van der Waals surface area contributed by atoms with E-state index in [0.29, 0.717) is 5.92 Å². The minimum atomic E-state index is -0.0331. The summed E-state index contributed by atoms with van der Waals surface area (Å²) in [4.78, 5) is 0. The molecule has 0 aromatic rings. The number of rotatable bonds is 14. The summed E-state index contributed by atoms with van der Waals surface area (Å²) < 4.78 is 0. The summed E-state index contributed by atoms with van der Waals surface area (Å²) in [7, 11) is 0. The summed E-state index contributed by atoms with van der Waals surface area (Å²) in [5.41, 5.74) is 22.1. The van der Waals surface area contributed by atoms with Crippen LogP contribution in [0.25, 0.3) is 0 Å². The summed E-state index contributed by atoms with van der Waals surface area (Å²) in [6, 6.07) is 0. The Labute approximate surface area is 146 Å². The van der Waals surface area contributed by atoms with E-state index in [0.717, 1.165) is 26.1 Å². The zero-order valence-electron chi connectivity index (χ0n) is 16.3. The van der Waals surface area contributed by atoms with Gasteiger partial charge in [-0.05, 0) is 65.1 Å². The standard InChI is InChI=1S/C10H24N2.C9H22N2/c11-9-7-5-3-1-2-4-6-8-10-12;1-8(9(2,3)11)6-4-5-7-10/h1-12H2;8H,4-7,10-11H2,1-3H3. The fourth-order valence-electron chi connectivity index (χ4n) is 2.32. The maximum Gasteiger partial charge on any atom is 0.0123 e. The average Bonchev–Trinajstić information content (AvgIpc) is 2.50. The van der Waals surface area contributed by atoms with Crippen molar-refractivity contribution in [3.63, 3.8) is 0 Å². The Kier molecular flexibility index (Phi) is 19.8. The number of nitrogens with two attached hydrogens (primary N) is 4. The molecule has 0 spiro atoms. The van der Waals surface area contributed by atoms with Crippen LogP contribution in [0.4, 0.5) is 0 Å². The molecule has 0 heterocycles. The molecule has 142 valence electrons. The molecule has 0 radical (unpaired) electrons. The molecule has 4 heteroatoms. The topological polar surface area (TPSA) is 104 Å². The SMILES string of the molecule is CC(CCCCN)C(C)(C)N.NCCCCCCCCCCN. The Hall–Kier alpha value is -0.160. The van der Waals surface area contributed by atoms with Crippen molar-refractivity contribution < 1.29 is 0 Å². The molecule has 0 saturated carbocycles. The van der Waals surface area contributed by atoms with Gasteiger partial charge < -0.3 is 22.9 Å². The third-order valence-electron chi connectivity index (χ3n) is 4.52. The molecule has 4 nitrogen and oxygen atoms in total. The first kappa shape index (κ1) is 25.1. The van der Waals surface area contributed by atoms with Gasteiger partial charge in [-0.3, -0.25) is 0 Å². The lowest BCUT2D eigenvalue weighted by molar-refractivity contribution is 0.318. The van der Waals surface area contributed by atoms with Crippen LogP contribution in [0.3, 0.4) is 0 Å². The van der Waals surface area contributed by atoms with Gasteiger partial charge in [0, 0.05) is 5.54 Å². The van der Waals surface area contributed by atoms with Gasteiger partial charge in [0.2, 0.25) is 0 Å². The lowest BCUT2D eigenvalue weighted by Crippen LogP contribution is -2.39. The molecule has 0 aliphatic heterocycles. The van der Waals surface area contributed by atoms with Gasteiger partial charge >= 0.3 is 0 Å². The molecular formula is C19H46N4. The van der Waals surface area contributed by atoms with Crippen LogP contribution in [0.5, 0.6) is 0 Å². The Balaban J connectivity index is 0. The second-order valence-electron chi connectivity index (χ2n) is 7.41. The summed E-state index contributed by atoms with van der Waals surface area (Å²) in [5, 5.41) is 0. The Morgan fingerprint density at radius 1 is 0.609 bits per heavy atom. The van der Waals surface area contributed by atoms with Gasteiger partial charge in [-0.15, -0.1) is 0 Å². The van der Waals surface area contributed by atoms with Gasteiger partial charge in [-0.25, -0.2) is 0 Å². The maximum atomic E-state index is 5.93.